The molecule has 0 unspecified atom stereocenters. The van der Waals surface area contributed by atoms with Crippen LogP contribution in [0, 0.1) is 0 Å². The van der Waals surface area contributed by atoms with E-state index < -0.39 is 0 Å². The van der Waals surface area contributed by atoms with Gasteiger partial charge in [-0.15, -0.1) is 0 Å². The minimum atomic E-state index is -0.147. The van der Waals surface area contributed by atoms with Crippen molar-refractivity contribution in [3.05, 3.63) is 64.0 Å². The van der Waals surface area contributed by atoms with Crippen LogP contribution in [0.5, 0.6) is 0 Å². The summed E-state index contributed by atoms with van der Waals surface area (Å²) in [5.74, 6) is -0.143. The van der Waals surface area contributed by atoms with Crippen molar-refractivity contribution in [3.63, 3.8) is 0 Å². The number of para-hydroxylation sites is 1. The first-order valence-electron chi connectivity index (χ1n) is 8.95. The summed E-state index contributed by atoms with van der Waals surface area (Å²) in [6.45, 7) is 1.63. The van der Waals surface area contributed by atoms with Crippen molar-refractivity contribution in [2.24, 2.45) is 0 Å². The van der Waals surface area contributed by atoms with Gasteiger partial charge in [-0.05, 0) is 48.7 Å². The number of carbonyl (C=O) groups excluding carboxylic acids is 2. The number of amides is 2. The summed E-state index contributed by atoms with van der Waals surface area (Å²) in [7, 11) is 0. The molecule has 1 fully saturated rings. The second-order valence-corrected chi connectivity index (χ2v) is 8.13. The van der Waals surface area contributed by atoms with E-state index in [0.29, 0.717) is 9.93 Å². The molecule has 2 aliphatic heterocycles. The molecule has 138 valence electrons. The Bertz CT molecular complexity index is 922. The Labute approximate surface area is 167 Å². The SMILES string of the molecule is O=C(CN1C(=O)/C(=C/c2cccc(Cl)c2)Sc2ccccc21)N1CCCC1. The van der Waals surface area contributed by atoms with Crippen molar-refractivity contribution < 1.29 is 9.59 Å². The smallest absolute Gasteiger partial charge is 0.265 e. The average Bonchev–Trinajstić information content (AvgIpc) is 3.20. The summed E-state index contributed by atoms with van der Waals surface area (Å²) >= 11 is 7.50. The van der Waals surface area contributed by atoms with E-state index in [1.165, 1.54) is 11.8 Å². The van der Waals surface area contributed by atoms with Crippen LogP contribution >= 0.6 is 23.4 Å². The van der Waals surface area contributed by atoms with Gasteiger partial charge >= 0.3 is 0 Å². The molecule has 0 aromatic heterocycles. The number of nitrogens with zero attached hydrogens (tertiary/aromatic N) is 2. The second kappa shape index (κ2) is 7.79. The van der Waals surface area contributed by atoms with Gasteiger partial charge in [0.15, 0.2) is 0 Å². The molecule has 0 bridgehead atoms. The topological polar surface area (TPSA) is 40.6 Å². The number of carbonyl (C=O) groups is 2. The zero-order chi connectivity index (χ0) is 18.8. The number of benzene rings is 2. The van der Waals surface area contributed by atoms with E-state index in [2.05, 4.69) is 0 Å². The van der Waals surface area contributed by atoms with Crippen LogP contribution in [0.1, 0.15) is 18.4 Å². The molecule has 27 heavy (non-hydrogen) atoms. The summed E-state index contributed by atoms with van der Waals surface area (Å²) in [5, 5.41) is 0.624. The summed E-state index contributed by atoms with van der Waals surface area (Å²) in [4.78, 5) is 30.8. The number of likely N-dealkylation sites (tertiary alicyclic amines) is 1. The third-order valence-electron chi connectivity index (χ3n) is 4.73. The molecule has 1 saturated heterocycles. The lowest BCUT2D eigenvalue weighted by atomic mass is 10.2. The van der Waals surface area contributed by atoms with Gasteiger partial charge in [-0.3, -0.25) is 14.5 Å². The number of rotatable bonds is 3. The normalized spacial score (nSPS) is 18.1. The van der Waals surface area contributed by atoms with Gasteiger partial charge in [0.25, 0.3) is 5.91 Å². The molecule has 4 nitrogen and oxygen atoms in total. The van der Waals surface area contributed by atoms with Crippen LogP contribution in [0.4, 0.5) is 5.69 Å². The predicted octanol–water partition coefficient (Wildman–Crippen LogP) is 4.44. The molecular weight excluding hydrogens is 380 g/mol. The van der Waals surface area contributed by atoms with Gasteiger partial charge in [0.05, 0.1) is 10.6 Å². The molecular formula is C21H19ClN2O2S. The lowest BCUT2D eigenvalue weighted by Gasteiger charge is -2.31. The highest BCUT2D eigenvalue weighted by atomic mass is 35.5. The minimum absolute atomic E-state index is 0.00431. The fourth-order valence-corrected chi connectivity index (χ4v) is 4.63. The number of hydrogen-bond donors (Lipinski definition) is 0. The Hall–Kier alpha value is -2.24. The standard InChI is InChI=1S/C21H19ClN2O2S/c22-16-7-5-6-15(12-16)13-19-21(26)24(14-20(25)23-10-3-4-11-23)17-8-1-2-9-18(17)27-19/h1-2,5-9,12-13H,3-4,10-11,14H2/b19-13-. The van der Waals surface area contributed by atoms with Crippen molar-refractivity contribution >= 4 is 46.9 Å². The molecule has 4 rings (SSSR count). The van der Waals surface area contributed by atoms with Gasteiger partial charge in [0, 0.05) is 23.0 Å². The van der Waals surface area contributed by atoms with Crippen LogP contribution in [-0.2, 0) is 9.59 Å². The molecule has 2 aliphatic rings. The molecule has 0 saturated carbocycles. The molecule has 0 aliphatic carbocycles. The van der Waals surface area contributed by atoms with E-state index in [1.54, 1.807) is 11.0 Å². The largest absolute Gasteiger partial charge is 0.341 e. The molecule has 2 aromatic rings. The summed E-state index contributed by atoms with van der Waals surface area (Å²) in [6.07, 6.45) is 3.90. The third-order valence-corrected chi connectivity index (χ3v) is 6.04. The lowest BCUT2D eigenvalue weighted by Crippen LogP contribution is -2.43. The van der Waals surface area contributed by atoms with E-state index in [0.717, 1.165) is 42.1 Å². The highest BCUT2D eigenvalue weighted by Crippen LogP contribution is 2.42. The molecule has 0 spiro atoms. The minimum Gasteiger partial charge on any atom is -0.341 e. The summed E-state index contributed by atoms with van der Waals surface area (Å²) in [6, 6.07) is 15.1. The Morgan fingerprint density at radius 2 is 1.89 bits per heavy atom. The average molecular weight is 399 g/mol. The van der Waals surface area contributed by atoms with Gasteiger partial charge in [-0.1, -0.05) is 47.6 Å². The molecule has 0 N–H and O–H groups in total. The monoisotopic (exact) mass is 398 g/mol. The fourth-order valence-electron chi connectivity index (χ4n) is 3.37. The van der Waals surface area contributed by atoms with E-state index in [9.17, 15) is 9.59 Å². The van der Waals surface area contributed by atoms with Gasteiger partial charge in [-0.25, -0.2) is 0 Å². The van der Waals surface area contributed by atoms with E-state index in [4.69, 9.17) is 11.6 Å². The van der Waals surface area contributed by atoms with Crippen LogP contribution in [0.3, 0.4) is 0 Å². The Kier molecular flexibility index (Phi) is 5.23. The number of fused-ring (bicyclic) bond motifs is 1. The van der Waals surface area contributed by atoms with Gasteiger partial charge < -0.3 is 4.90 Å². The summed E-state index contributed by atoms with van der Waals surface area (Å²) < 4.78 is 0. The Morgan fingerprint density at radius 3 is 2.67 bits per heavy atom. The first-order valence-corrected chi connectivity index (χ1v) is 10.1. The highest BCUT2D eigenvalue weighted by Gasteiger charge is 2.32. The number of anilines is 1. The zero-order valence-corrected chi connectivity index (χ0v) is 16.3. The van der Waals surface area contributed by atoms with Crippen molar-refractivity contribution in [1.82, 2.24) is 4.90 Å². The molecule has 6 heteroatoms. The van der Waals surface area contributed by atoms with E-state index >= 15 is 0 Å². The quantitative estimate of drug-likeness (QED) is 0.717. The maximum absolute atomic E-state index is 13.2. The predicted molar refractivity (Wildman–Crippen MR) is 110 cm³/mol. The summed E-state index contributed by atoms with van der Waals surface area (Å²) in [5.41, 5.74) is 1.66. The van der Waals surface area contributed by atoms with Crippen molar-refractivity contribution in [2.75, 3.05) is 24.5 Å². The lowest BCUT2D eigenvalue weighted by molar-refractivity contribution is -0.130. The van der Waals surface area contributed by atoms with Crippen LogP contribution in [0.2, 0.25) is 5.02 Å². The fraction of sp³-hybridized carbons (Fsp3) is 0.238. The van der Waals surface area contributed by atoms with Gasteiger partial charge in [0.1, 0.15) is 6.54 Å². The van der Waals surface area contributed by atoms with E-state index in [1.807, 2.05) is 53.4 Å². The van der Waals surface area contributed by atoms with Crippen molar-refractivity contribution in [1.29, 1.82) is 0 Å². The maximum Gasteiger partial charge on any atom is 0.265 e. The second-order valence-electron chi connectivity index (χ2n) is 6.61. The van der Waals surface area contributed by atoms with Crippen LogP contribution in [-0.4, -0.2) is 36.3 Å². The molecule has 0 radical (unpaired) electrons. The van der Waals surface area contributed by atoms with Crippen molar-refractivity contribution in [2.45, 2.75) is 17.7 Å². The Balaban J connectivity index is 1.66. The molecule has 2 amide bonds. The number of hydrogen-bond acceptors (Lipinski definition) is 3. The highest BCUT2D eigenvalue weighted by molar-refractivity contribution is 8.04. The van der Waals surface area contributed by atoms with Crippen LogP contribution < -0.4 is 4.90 Å². The van der Waals surface area contributed by atoms with E-state index in [-0.39, 0.29) is 18.4 Å². The first-order chi connectivity index (χ1) is 13.1. The molecule has 2 heterocycles. The number of thioether (sulfide) groups is 1. The Morgan fingerprint density at radius 1 is 1.11 bits per heavy atom. The number of halogens is 1. The van der Waals surface area contributed by atoms with Gasteiger partial charge in [-0.2, -0.15) is 0 Å². The zero-order valence-electron chi connectivity index (χ0n) is 14.7. The third kappa shape index (κ3) is 3.89. The van der Waals surface area contributed by atoms with Crippen LogP contribution in [0.25, 0.3) is 6.08 Å². The maximum atomic E-state index is 13.2. The molecule has 0 atom stereocenters. The molecule has 2 aromatic carbocycles. The first kappa shape index (κ1) is 18.1. The van der Waals surface area contributed by atoms with Crippen molar-refractivity contribution in [3.8, 4) is 0 Å². The van der Waals surface area contributed by atoms with Crippen LogP contribution in [0.15, 0.2) is 58.3 Å². The van der Waals surface area contributed by atoms with Gasteiger partial charge in [0.2, 0.25) is 5.91 Å².